The molecular weight excluding hydrogens is 220 g/mol. The van der Waals surface area contributed by atoms with Crippen molar-refractivity contribution in [3.63, 3.8) is 0 Å². The zero-order valence-electron chi connectivity index (χ0n) is 11.5. The minimum absolute atomic E-state index is 0.641. The van der Waals surface area contributed by atoms with Crippen molar-refractivity contribution in [1.29, 1.82) is 0 Å². The Hall–Kier alpha value is -0.0800. The summed E-state index contributed by atoms with van der Waals surface area (Å²) in [6, 6.07) is 0.641. The number of hydrogen-bond acceptors (Lipinski definition) is 2. The van der Waals surface area contributed by atoms with Crippen molar-refractivity contribution in [1.82, 2.24) is 5.43 Å². The molecule has 0 aliphatic heterocycles. The molecule has 0 saturated heterocycles. The monoisotopic (exact) mass is 248 g/mol. The first kappa shape index (κ1) is 11.7. The van der Waals surface area contributed by atoms with E-state index in [1.807, 2.05) is 0 Å². The lowest BCUT2D eigenvalue weighted by molar-refractivity contribution is 0.260. The second-order valence-electron chi connectivity index (χ2n) is 7.63. The third-order valence-electron chi connectivity index (χ3n) is 6.84. The van der Waals surface area contributed by atoms with Crippen molar-refractivity contribution in [2.45, 2.75) is 63.8 Å². The third-order valence-corrected chi connectivity index (χ3v) is 6.84. The Morgan fingerprint density at radius 2 is 1.78 bits per heavy atom. The number of nitrogens with two attached hydrogens (primary N) is 1. The third kappa shape index (κ3) is 1.84. The molecule has 4 fully saturated rings. The van der Waals surface area contributed by atoms with Crippen LogP contribution < -0.4 is 11.3 Å². The molecule has 2 heteroatoms. The molecule has 0 aromatic heterocycles. The summed E-state index contributed by atoms with van der Waals surface area (Å²) in [6.45, 7) is 0. The van der Waals surface area contributed by atoms with Crippen LogP contribution in [0.3, 0.4) is 0 Å². The molecule has 4 rings (SSSR count). The van der Waals surface area contributed by atoms with Crippen LogP contribution in [0.1, 0.15) is 57.8 Å². The molecule has 3 N–H and O–H groups in total. The van der Waals surface area contributed by atoms with Crippen LogP contribution in [0.2, 0.25) is 0 Å². The van der Waals surface area contributed by atoms with E-state index >= 15 is 0 Å². The van der Waals surface area contributed by atoms with Crippen LogP contribution >= 0.6 is 0 Å². The summed E-state index contributed by atoms with van der Waals surface area (Å²) in [5.74, 6) is 12.1. The fourth-order valence-electron chi connectivity index (χ4n) is 5.97. The first-order valence-electron chi connectivity index (χ1n) is 8.33. The van der Waals surface area contributed by atoms with E-state index < -0.39 is 0 Å². The second-order valence-corrected chi connectivity index (χ2v) is 7.63. The van der Waals surface area contributed by atoms with Gasteiger partial charge >= 0.3 is 0 Å². The maximum Gasteiger partial charge on any atom is 0.0247 e. The van der Waals surface area contributed by atoms with Gasteiger partial charge in [-0.25, -0.2) is 0 Å². The fourth-order valence-corrected chi connectivity index (χ4v) is 5.97. The predicted octanol–water partition coefficient (Wildman–Crippen LogP) is 3.08. The molecule has 6 unspecified atom stereocenters. The Morgan fingerprint density at radius 3 is 2.33 bits per heavy atom. The molecule has 0 spiro atoms. The van der Waals surface area contributed by atoms with Gasteiger partial charge in [0.2, 0.25) is 0 Å². The number of hydrazine groups is 1. The van der Waals surface area contributed by atoms with Crippen LogP contribution in [-0.4, -0.2) is 6.04 Å². The molecule has 4 aliphatic rings. The standard InChI is InChI=1S/C16H28N2/c17-18-15(16-13-3-1-2-4-14(13)16)9-12-8-10-5-6-11(12)7-10/h10-16,18H,1-9,17H2. The van der Waals surface area contributed by atoms with Crippen molar-refractivity contribution >= 4 is 0 Å². The number of rotatable bonds is 4. The van der Waals surface area contributed by atoms with Gasteiger partial charge in [0, 0.05) is 6.04 Å². The van der Waals surface area contributed by atoms with Crippen LogP contribution in [0.4, 0.5) is 0 Å². The lowest BCUT2D eigenvalue weighted by atomic mass is 9.83. The zero-order valence-corrected chi connectivity index (χ0v) is 11.5. The van der Waals surface area contributed by atoms with Crippen LogP contribution in [0.5, 0.6) is 0 Å². The highest BCUT2D eigenvalue weighted by molar-refractivity contribution is 5.05. The Bertz CT molecular complexity index is 304. The molecule has 4 saturated carbocycles. The van der Waals surface area contributed by atoms with E-state index in [4.69, 9.17) is 5.84 Å². The number of nitrogens with one attached hydrogen (secondary N) is 1. The molecular formula is C16H28N2. The van der Waals surface area contributed by atoms with Gasteiger partial charge in [-0.15, -0.1) is 0 Å². The highest BCUT2D eigenvalue weighted by Gasteiger charge is 2.54. The molecule has 6 atom stereocenters. The Morgan fingerprint density at radius 1 is 1.00 bits per heavy atom. The van der Waals surface area contributed by atoms with Crippen molar-refractivity contribution in [3.8, 4) is 0 Å². The van der Waals surface area contributed by atoms with Gasteiger partial charge in [0.15, 0.2) is 0 Å². The van der Waals surface area contributed by atoms with Crippen LogP contribution in [0.25, 0.3) is 0 Å². The quantitative estimate of drug-likeness (QED) is 0.593. The van der Waals surface area contributed by atoms with E-state index in [-0.39, 0.29) is 0 Å². The number of hydrogen-bond donors (Lipinski definition) is 2. The molecule has 0 heterocycles. The lowest BCUT2D eigenvalue weighted by Gasteiger charge is -2.26. The van der Waals surface area contributed by atoms with Gasteiger partial charge in [-0.2, -0.15) is 0 Å². The van der Waals surface area contributed by atoms with E-state index in [1.54, 1.807) is 6.42 Å². The SMILES string of the molecule is NNC(CC1CC2CCC1C2)C1C2CCCCC21. The smallest absolute Gasteiger partial charge is 0.0247 e. The summed E-state index contributed by atoms with van der Waals surface area (Å²) < 4.78 is 0. The van der Waals surface area contributed by atoms with Crippen molar-refractivity contribution in [2.24, 2.45) is 41.4 Å². The molecule has 102 valence electrons. The van der Waals surface area contributed by atoms with E-state index in [1.165, 1.54) is 51.4 Å². The fraction of sp³-hybridized carbons (Fsp3) is 1.00. The van der Waals surface area contributed by atoms with Gasteiger partial charge in [-0.3, -0.25) is 11.3 Å². The highest BCUT2D eigenvalue weighted by Crippen LogP contribution is 2.59. The zero-order chi connectivity index (χ0) is 12.1. The Balaban J connectivity index is 1.37. The van der Waals surface area contributed by atoms with Crippen molar-refractivity contribution in [2.75, 3.05) is 0 Å². The largest absolute Gasteiger partial charge is 0.271 e. The van der Waals surface area contributed by atoms with Crippen LogP contribution in [0, 0.1) is 35.5 Å². The van der Waals surface area contributed by atoms with Gasteiger partial charge in [-0.05, 0) is 74.0 Å². The molecule has 0 aromatic rings. The van der Waals surface area contributed by atoms with E-state index in [0.717, 1.165) is 35.5 Å². The van der Waals surface area contributed by atoms with Gasteiger partial charge in [-0.1, -0.05) is 19.3 Å². The first-order valence-corrected chi connectivity index (χ1v) is 8.33. The minimum atomic E-state index is 0.641. The lowest BCUT2D eigenvalue weighted by Crippen LogP contribution is -2.39. The summed E-state index contributed by atoms with van der Waals surface area (Å²) in [7, 11) is 0. The van der Waals surface area contributed by atoms with E-state index in [0.29, 0.717) is 6.04 Å². The maximum atomic E-state index is 5.89. The topological polar surface area (TPSA) is 38.0 Å². The molecule has 18 heavy (non-hydrogen) atoms. The van der Waals surface area contributed by atoms with Crippen LogP contribution in [-0.2, 0) is 0 Å². The van der Waals surface area contributed by atoms with Gasteiger partial charge in [0.25, 0.3) is 0 Å². The Kier molecular flexibility index (Phi) is 2.92. The van der Waals surface area contributed by atoms with E-state index in [2.05, 4.69) is 5.43 Å². The van der Waals surface area contributed by atoms with E-state index in [9.17, 15) is 0 Å². The molecule has 2 bridgehead atoms. The second kappa shape index (κ2) is 4.49. The molecule has 0 aromatic carbocycles. The Labute approximate surface area is 111 Å². The summed E-state index contributed by atoms with van der Waals surface area (Å²) in [5, 5.41) is 0. The minimum Gasteiger partial charge on any atom is -0.271 e. The van der Waals surface area contributed by atoms with Gasteiger partial charge < -0.3 is 0 Å². The molecule has 2 nitrogen and oxygen atoms in total. The summed E-state index contributed by atoms with van der Waals surface area (Å²) in [4.78, 5) is 0. The average molecular weight is 248 g/mol. The molecule has 0 amide bonds. The first-order chi connectivity index (χ1) is 8.86. The molecule has 4 aliphatic carbocycles. The summed E-state index contributed by atoms with van der Waals surface area (Å²) >= 11 is 0. The predicted molar refractivity (Wildman–Crippen MR) is 73.6 cm³/mol. The number of fused-ring (bicyclic) bond motifs is 3. The summed E-state index contributed by atoms with van der Waals surface area (Å²) in [5.41, 5.74) is 3.21. The normalized spacial score (nSPS) is 51.2. The summed E-state index contributed by atoms with van der Waals surface area (Å²) in [6.07, 6.45) is 13.4. The van der Waals surface area contributed by atoms with Crippen molar-refractivity contribution < 1.29 is 0 Å². The van der Waals surface area contributed by atoms with Crippen LogP contribution in [0.15, 0.2) is 0 Å². The van der Waals surface area contributed by atoms with Gasteiger partial charge in [0.1, 0.15) is 0 Å². The maximum absolute atomic E-state index is 5.89. The highest BCUT2D eigenvalue weighted by atomic mass is 15.2. The van der Waals surface area contributed by atoms with Crippen molar-refractivity contribution in [3.05, 3.63) is 0 Å². The van der Waals surface area contributed by atoms with Gasteiger partial charge in [0.05, 0.1) is 0 Å². The molecule has 0 radical (unpaired) electrons. The average Bonchev–Trinajstić information content (AvgIpc) is 2.77.